The predicted octanol–water partition coefficient (Wildman–Crippen LogP) is 6.32. The van der Waals surface area contributed by atoms with Crippen molar-refractivity contribution in [2.24, 2.45) is 0 Å². The summed E-state index contributed by atoms with van der Waals surface area (Å²) in [6.07, 6.45) is -7.94. The second kappa shape index (κ2) is 30.8. The van der Waals surface area contributed by atoms with Gasteiger partial charge < -0.3 is 50.0 Å². The van der Waals surface area contributed by atoms with Crippen LogP contribution in [0, 0.1) is 11.6 Å². The molecule has 12 rings (SSSR count). The van der Waals surface area contributed by atoms with E-state index in [4.69, 9.17) is 19.8 Å². The molecule has 6 fully saturated rings. The molecule has 24 heteroatoms. The Labute approximate surface area is 543 Å². The molecular formula is C70H82F8N10O6. The number of aliphatic carboxylic acids is 2. The number of piperazine rings is 4. The second-order valence-electron chi connectivity index (χ2n) is 26.5. The van der Waals surface area contributed by atoms with Crippen LogP contribution < -0.4 is 31.5 Å². The lowest BCUT2D eigenvalue weighted by Crippen LogP contribution is -2.54. The van der Waals surface area contributed by atoms with Gasteiger partial charge in [0.15, 0.2) is 0 Å². The van der Waals surface area contributed by atoms with Gasteiger partial charge in [0.25, 0.3) is 11.8 Å². The Bertz CT molecular complexity index is 3370. The quantitative estimate of drug-likeness (QED) is 0.0629. The van der Waals surface area contributed by atoms with Gasteiger partial charge in [-0.25, -0.2) is 8.78 Å². The number of nitrogens with zero attached hydrogens (tertiary/aromatic N) is 6. The van der Waals surface area contributed by atoms with Crippen molar-refractivity contribution >= 4 is 23.8 Å². The number of carbonyl (C=O) groups is 4. The van der Waals surface area contributed by atoms with Crippen molar-refractivity contribution in [3.63, 3.8) is 0 Å². The van der Waals surface area contributed by atoms with Crippen molar-refractivity contribution in [1.82, 2.24) is 40.9 Å². The second-order valence-corrected chi connectivity index (χ2v) is 26.5. The molecule has 4 bridgehead atoms. The van der Waals surface area contributed by atoms with Crippen LogP contribution in [0.4, 0.5) is 35.1 Å². The summed E-state index contributed by atoms with van der Waals surface area (Å²) in [4.78, 5) is 53.6. The van der Waals surface area contributed by atoms with E-state index in [1.165, 1.54) is 36.1 Å². The monoisotopic (exact) mass is 1310 g/mol. The highest BCUT2D eigenvalue weighted by atomic mass is 19.4. The fourth-order valence-corrected chi connectivity index (χ4v) is 12.8. The number of amides is 2. The van der Waals surface area contributed by atoms with Crippen LogP contribution in [0.15, 0.2) is 133 Å². The maximum Gasteiger partial charge on any atom is 0.430 e. The smallest absolute Gasteiger partial charge is 0.430 e. The van der Waals surface area contributed by atoms with Crippen molar-refractivity contribution in [3.05, 3.63) is 190 Å². The lowest BCUT2D eigenvalue weighted by molar-refractivity contribution is -0.894. The van der Waals surface area contributed by atoms with E-state index in [0.717, 1.165) is 147 Å². The number of quaternary nitrogens is 2. The number of nitrogens with one attached hydrogen (secondary N) is 4. The van der Waals surface area contributed by atoms with Gasteiger partial charge in [-0.1, -0.05) is 72.8 Å². The van der Waals surface area contributed by atoms with Gasteiger partial charge in [-0.15, -0.1) is 0 Å². The number of carboxylic acids is 2. The van der Waals surface area contributed by atoms with Crippen LogP contribution in [0.25, 0.3) is 22.3 Å². The summed E-state index contributed by atoms with van der Waals surface area (Å²) in [5, 5.41) is 30.8. The highest BCUT2D eigenvalue weighted by Gasteiger charge is 2.39. The molecule has 4 atom stereocenters. The SMILES string of the molecule is C[N+]1(C)CCN(Cc2cccc(C(=O)NCc3ccc(F)c(-c4cccc(CN5C[C@@H]6C[C@H]5CN6)c4)c3)c2)CC1.C[N+]1(C)CCN(Cc2cccc(C(=O)NCc3ccc(F)c(-c4cccc(CN5C[C@@H]6C[C@H]5CN6)c4)c3)c2)CC1.O=C([O-])C(F)(F)F.O=C([O-])C(F)(F)F. The Balaban J connectivity index is 0.000000184. The van der Waals surface area contributed by atoms with Crippen LogP contribution in [-0.2, 0) is 48.9 Å². The third-order valence-corrected chi connectivity index (χ3v) is 18.3. The molecule has 0 radical (unpaired) electrons. The Morgan fingerprint density at radius 2 is 0.819 bits per heavy atom. The van der Waals surface area contributed by atoms with E-state index < -0.39 is 24.3 Å². The highest BCUT2D eigenvalue weighted by Crippen LogP contribution is 2.31. The third kappa shape index (κ3) is 20.2. The molecule has 6 aromatic rings. The highest BCUT2D eigenvalue weighted by molar-refractivity contribution is 5.95. The zero-order valence-electron chi connectivity index (χ0n) is 53.3. The number of rotatable bonds is 16. The van der Waals surface area contributed by atoms with Gasteiger partial charge in [-0.05, 0) is 118 Å². The first kappa shape index (κ1) is 70.6. The van der Waals surface area contributed by atoms with Crippen LogP contribution in [0.1, 0.15) is 66.9 Å². The first-order valence-corrected chi connectivity index (χ1v) is 31.6. The van der Waals surface area contributed by atoms with Crippen LogP contribution in [-0.4, -0.2) is 196 Å². The zero-order valence-corrected chi connectivity index (χ0v) is 53.3. The number of halogens is 8. The molecule has 0 spiro atoms. The number of likely N-dealkylation sites (N-methyl/N-ethyl adjacent to an activating group) is 2. The predicted molar refractivity (Wildman–Crippen MR) is 336 cm³/mol. The van der Waals surface area contributed by atoms with Crippen LogP contribution in [0.3, 0.4) is 0 Å². The molecule has 4 N–H and O–H groups in total. The number of benzene rings is 6. The molecule has 6 aromatic carbocycles. The van der Waals surface area contributed by atoms with Crippen molar-refractivity contribution < 1.29 is 73.5 Å². The van der Waals surface area contributed by atoms with Crippen molar-refractivity contribution in [2.45, 2.75) is 88.6 Å². The molecule has 0 aliphatic carbocycles. The van der Waals surface area contributed by atoms with E-state index in [2.05, 4.69) is 105 Å². The molecular weight excluding hydrogens is 1230 g/mol. The van der Waals surface area contributed by atoms with Gasteiger partial charge in [-0.2, -0.15) is 26.3 Å². The van der Waals surface area contributed by atoms with E-state index in [1.54, 1.807) is 12.1 Å². The molecule has 16 nitrogen and oxygen atoms in total. The normalized spacial score (nSPS) is 20.8. The third-order valence-electron chi connectivity index (χ3n) is 18.3. The molecule has 6 heterocycles. The lowest BCUT2D eigenvalue weighted by Gasteiger charge is -2.39. The van der Waals surface area contributed by atoms with Gasteiger partial charge in [0.1, 0.15) is 23.6 Å². The topological polar surface area (TPSA) is 175 Å². The molecule has 6 saturated heterocycles. The van der Waals surface area contributed by atoms with Gasteiger partial charge in [0, 0.05) is 138 Å². The van der Waals surface area contributed by atoms with Gasteiger partial charge in [-0.3, -0.25) is 29.2 Å². The number of fused-ring (bicyclic) bond motifs is 4. The minimum Gasteiger partial charge on any atom is -0.542 e. The summed E-state index contributed by atoms with van der Waals surface area (Å²) in [5.74, 6) is -6.73. The fourth-order valence-electron chi connectivity index (χ4n) is 12.8. The Morgan fingerprint density at radius 1 is 0.479 bits per heavy atom. The standard InChI is InChI=1S/2C33H40FN5O.2C2HF3O2/c2*1-39(2)13-11-37(12-14-39)21-25-5-4-8-28(16-25)33(40)36-19-24-9-10-32(34)31(17-24)27-7-3-6-26(15-27)22-38-23-29-18-30(38)20-35-29;2*3-2(4,5)1(6)7/h2*3-10,15-17,29-30,35H,11-14,18-23H2,1-2H3;2*(H,6,7)/t2*29-,30-;;/m00../s1. The minimum absolute atomic E-state index is 0.111. The summed E-state index contributed by atoms with van der Waals surface area (Å²) < 4.78 is 95.1. The average Bonchev–Trinajstić information content (AvgIpc) is 1.49. The summed E-state index contributed by atoms with van der Waals surface area (Å²) in [6, 6.07) is 44.9. The Morgan fingerprint density at radius 3 is 1.14 bits per heavy atom. The average molecular weight is 1310 g/mol. The van der Waals surface area contributed by atoms with E-state index in [1.807, 2.05) is 72.8 Å². The van der Waals surface area contributed by atoms with E-state index >= 15 is 0 Å². The molecule has 0 unspecified atom stereocenters. The number of alkyl halides is 6. The van der Waals surface area contributed by atoms with Crippen LogP contribution in [0.2, 0.25) is 0 Å². The van der Waals surface area contributed by atoms with Crippen molar-refractivity contribution in [1.29, 1.82) is 0 Å². The largest absolute Gasteiger partial charge is 0.542 e. The Kier molecular flexibility index (Phi) is 23.1. The fraction of sp³-hybridized carbons (Fsp3) is 0.429. The molecule has 6 aliphatic rings. The van der Waals surface area contributed by atoms with Gasteiger partial charge in [0.05, 0.1) is 54.4 Å². The van der Waals surface area contributed by atoms with E-state index in [0.29, 0.717) is 59.5 Å². The number of hydrogen-bond acceptors (Lipinski definition) is 12. The van der Waals surface area contributed by atoms with Crippen LogP contribution in [0.5, 0.6) is 0 Å². The number of hydrogen-bond donors (Lipinski definition) is 4. The maximum absolute atomic E-state index is 14.9. The van der Waals surface area contributed by atoms with Crippen molar-refractivity contribution in [2.75, 3.05) is 107 Å². The molecule has 504 valence electrons. The summed E-state index contributed by atoms with van der Waals surface area (Å²) in [5.41, 5.74) is 10.7. The van der Waals surface area contributed by atoms with E-state index in [-0.39, 0.29) is 23.4 Å². The van der Waals surface area contributed by atoms with Crippen LogP contribution >= 0.6 is 0 Å². The zero-order chi connectivity index (χ0) is 67.5. The number of likely N-dealkylation sites (tertiary alicyclic amines) is 2. The summed E-state index contributed by atoms with van der Waals surface area (Å²) >= 11 is 0. The molecule has 0 saturated carbocycles. The number of carboxylic acid groups (broad SMARTS) is 2. The minimum atomic E-state index is -5.19. The van der Waals surface area contributed by atoms with Gasteiger partial charge in [0.2, 0.25) is 0 Å². The molecule has 6 aliphatic heterocycles. The summed E-state index contributed by atoms with van der Waals surface area (Å²) in [6.45, 7) is 17.3. The maximum atomic E-state index is 14.9. The lowest BCUT2D eigenvalue weighted by atomic mass is 10.00. The Hall–Kier alpha value is -7.68. The summed E-state index contributed by atoms with van der Waals surface area (Å²) in [7, 11) is 9.11. The first-order valence-electron chi connectivity index (χ1n) is 31.6. The molecule has 94 heavy (non-hydrogen) atoms. The van der Waals surface area contributed by atoms with Gasteiger partial charge >= 0.3 is 12.4 Å². The molecule has 0 aromatic heterocycles. The van der Waals surface area contributed by atoms with E-state index in [9.17, 15) is 44.7 Å². The van der Waals surface area contributed by atoms with Crippen molar-refractivity contribution in [3.8, 4) is 22.3 Å². The first-order chi connectivity index (χ1) is 44.5. The molecule has 2 amide bonds. The number of carbonyl (C=O) groups excluding carboxylic acids is 4.